The fraction of sp³-hybridized carbons (Fsp3) is 0.211. The summed E-state index contributed by atoms with van der Waals surface area (Å²) >= 11 is 5.84. The second-order valence-corrected chi connectivity index (χ2v) is 6.78. The highest BCUT2D eigenvalue weighted by Gasteiger charge is 2.39. The maximum absolute atomic E-state index is 12.5. The predicted molar refractivity (Wildman–Crippen MR) is 104 cm³/mol. The average Bonchev–Trinajstić information content (AvgIpc) is 2.94. The van der Waals surface area contributed by atoms with E-state index in [9.17, 15) is 14.4 Å². The molecule has 0 spiro atoms. The summed E-state index contributed by atoms with van der Waals surface area (Å²) in [4.78, 5) is 40.0. The molecule has 2 aromatic rings. The number of hydrogen-bond acceptors (Lipinski definition) is 5. The summed E-state index contributed by atoms with van der Waals surface area (Å²) < 4.78 is 0. The molecule has 7 nitrogen and oxygen atoms in total. The fourth-order valence-corrected chi connectivity index (χ4v) is 2.87. The van der Waals surface area contributed by atoms with Gasteiger partial charge in [0.15, 0.2) is 0 Å². The van der Waals surface area contributed by atoms with E-state index in [1.165, 1.54) is 0 Å². The molecule has 1 unspecified atom stereocenters. The van der Waals surface area contributed by atoms with Gasteiger partial charge < -0.3 is 4.90 Å². The van der Waals surface area contributed by atoms with Gasteiger partial charge in [-0.15, -0.1) is 0 Å². The molecule has 27 heavy (non-hydrogen) atoms. The summed E-state index contributed by atoms with van der Waals surface area (Å²) in [5, 5.41) is 0.514. The number of carbonyl (C=O) groups is 3. The normalized spacial score (nSPS) is 16.6. The molecule has 0 radical (unpaired) electrons. The van der Waals surface area contributed by atoms with Crippen LogP contribution in [0.3, 0.4) is 0 Å². The first-order valence-electron chi connectivity index (χ1n) is 8.32. The molecule has 8 heteroatoms. The molecule has 1 heterocycles. The van der Waals surface area contributed by atoms with Gasteiger partial charge in [-0.1, -0.05) is 11.6 Å². The van der Waals surface area contributed by atoms with Crippen LogP contribution in [-0.2, 0) is 9.59 Å². The van der Waals surface area contributed by atoms with Crippen molar-refractivity contribution < 1.29 is 14.4 Å². The van der Waals surface area contributed by atoms with Gasteiger partial charge in [-0.3, -0.25) is 19.8 Å². The molecular weight excluding hydrogens is 368 g/mol. The summed E-state index contributed by atoms with van der Waals surface area (Å²) in [6.45, 7) is 0. The number of carbonyl (C=O) groups excluding carboxylic acids is 3. The van der Waals surface area contributed by atoms with Crippen LogP contribution in [-0.4, -0.2) is 37.9 Å². The van der Waals surface area contributed by atoms with Crippen molar-refractivity contribution in [2.75, 3.05) is 23.9 Å². The summed E-state index contributed by atoms with van der Waals surface area (Å²) in [5.41, 5.74) is 7.02. The number of nitrogens with one attached hydrogen (secondary N) is 2. The number of hydrogen-bond donors (Lipinski definition) is 2. The molecule has 3 rings (SSSR count). The molecule has 1 fully saturated rings. The van der Waals surface area contributed by atoms with Crippen LogP contribution < -0.4 is 20.7 Å². The number of halogens is 1. The van der Waals surface area contributed by atoms with Gasteiger partial charge in [-0.25, -0.2) is 10.3 Å². The zero-order valence-electron chi connectivity index (χ0n) is 14.9. The number of nitrogens with zero attached hydrogens (tertiary/aromatic N) is 2. The largest absolute Gasteiger partial charge is 0.378 e. The molecule has 1 aliphatic heterocycles. The third-order valence-corrected chi connectivity index (χ3v) is 4.49. The van der Waals surface area contributed by atoms with Gasteiger partial charge in [0.2, 0.25) is 5.91 Å². The van der Waals surface area contributed by atoms with Crippen LogP contribution in [0.15, 0.2) is 48.5 Å². The van der Waals surface area contributed by atoms with Crippen LogP contribution in [0.5, 0.6) is 0 Å². The lowest BCUT2D eigenvalue weighted by atomic mass is 10.2. The van der Waals surface area contributed by atoms with Crippen molar-refractivity contribution in [1.29, 1.82) is 0 Å². The Morgan fingerprint density at radius 3 is 2.30 bits per heavy atom. The number of anilines is 2. The third-order valence-electron chi connectivity index (χ3n) is 4.24. The van der Waals surface area contributed by atoms with E-state index in [1.807, 2.05) is 31.1 Å². The summed E-state index contributed by atoms with van der Waals surface area (Å²) in [6, 6.07) is 12.6. The number of rotatable bonds is 5. The van der Waals surface area contributed by atoms with E-state index in [2.05, 4.69) is 10.9 Å². The minimum absolute atomic E-state index is 0.0404. The number of amides is 3. The van der Waals surface area contributed by atoms with Crippen molar-refractivity contribution in [3.8, 4) is 0 Å². The van der Waals surface area contributed by atoms with Crippen LogP contribution in [0.25, 0.3) is 0 Å². The lowest BCUT2D eigenvalue weighted by molar-refractivity contribution is -0.121. The number of benzene rings is 2. The van der Waals surface area contributed by atoms with Crippen LogP contribution >= 0.6 is 11.6 Å². The quantitative estimate of drug-likeness (QED) is 0.606. The average molecular weight is 387 g/mol. The topological polar surface area (TPSA) is 81.8 Å². The molecule has 1 saturated heterocycles. The van der Waals surface area contributed by atoms with Crippen molar-refractivity contribution in [2.24, 2.45) is 0 Å². The highest BCUT2D eigenvalue weighted by Crippen LogP contribution is 2.24. The molecule has 0 aliphatic carbocycles. The molecule has 2 aromatic carbocycles. The van der Waals surface area contributed by atoms with Crippen LogP contribution in [0.2, 0.25) is 5.02 Å². The molecule has 0 aromatic heterocycles. The van der Waals surface area contributed by atoms with Gasteiger partial charge in [0.25, 0.3) is 11.8 Å². The van der Waals surface area contributed by atoms with Crippen molar-refractivity contribution >= 4 is 40.7 Å². The summed E-state index contributed by atoms with van der Waals surface area (Å²) in [6.07, 6.45) is -0.0404. The van der Waals surface area contributed by atoms with Gasteiger partial charge in [-0.2, -0.15) is 0 Å². The van der Waals surface area contributed by atoms with E-state index in [1.54, 1.807) is 36.4 Å². The Morgan fingerprint density at radius 1 is 1.07 bits per heavy atom. The highest BCUT2D eigenvalue weighted by molar-refractivity contribution is 6.30. The molecular formula is C19H19ClN4O3. The Hall–Kier alpha value is -2.90. The second-order valence-electron chi connectivity index (χ2n) is 6.34. The fourth-order valence-electron chi connectivity index (χ4n) is 2.74. The summed E-state index contributed by atoms with van der Waals surface area (Å²) in [7, 11) is 3.82. The Bertz CT molecular complexity index is 866. The smallest absolute Gasteiger partial charge is 0.265 e. The molecule has 0 saturated carbocycles. The monoisotopic (exact) mass is 386 g/mol. The van der Waals surface area contributed by atoms with Crippen LogP contribution in [0, 0.1) is 0 Å². The zero-order valence-corrected chi connectivity index (χ0v) is 15.7. The standard InChI is InChI=1S/C19H19ClN4O3/c1-23(2)14-7-3-12(4-8-14)18(26)22-21-16-11-17(25)24(19(16)27)15-9-5-13(20)6-10-15/h3-10,16,21H,11H2,1-2H3,(H,22,26). The van der Waals surface area contributed by atoms with Crippen molar-refractivity contribution in [1.82, 2.24) is 10.9 Å². The van der Waals surface area contributed by atoms with Crippen molar-refractivity contribution in [2.45, 2.75) is 12.5 Å². The third kappa shape index (κ3) is 4.10. The molecule has 2 N–H and O–H groups in total. The Balaban J connectivity index is 1.62. The summed E-state index contributed by atoms with van der Waals surface area (Å²) in [5.74, 6) is -1.15. The van der Waals surface area contributed by atoms with Gasteiger partial charge in [-0.05, 0) is 48.5 Å². The molecule has 1 aliphatic rings. The lowest BCUT2D eigenvalue weighted by Crippen LogP contribution is -2.48. The lowest BCUT2D eigenvalue weighted by Gasteiger charge is -2.16. The minimum atomic E-state index is -0.821. The molecule has 1 atom stereocenters. The van der Waals surface area contributed by atoms with Crippen LogP contribution in [0.4, 0.5) is 11.4 Å². The SMILES string of the molecule is CN(C)c1ccc(C(=O)NNC2CC(=O)N(c3ccc(Cl)cc3)C2=O)cc1. The maximum atomic E-state index is 12.5. The zero-order chi connectivity index (χ0) is 19.6. The van der Waals surface area contributed by atoms with Crippen LogP contribution in [0.1, 0.15) is 16.8 Å². The maximum Gasteiger partial charge on any atom is 0.265 e. The van der Waals surface area contributed by atoms with E-state index >= 15 is 0 Å². The van der Waals surface area contributed by atoms with Gasteiger partial charge in [0.05, 0.1) is 12.1 Å². The molecule has 140 valence electrons. The van der Waals surface area contributed by atoms with Crippen molar-refractivity contribution in [3.63, 3.8) is 0 Å². The van der Waals surface area contributed by atoms with E-state index in [0.717, 1.165) is 10.6 Å². The predicted octanol–water partition coefficient (Wildman–Crippen LogP) is 1.97. The first kappa shape index (κ1) is 18.9. The Labute approximate surface area is 161 Å². The number of hydrazine groups is 1. The number of imide groups is 1. The first-order valence-corrected chi connectivity index (χ1v) is 8.70. The van der Waals surface area contributed by atoms with Gasteiger partial charge in [0, 0.05) is 30.4 Å². The molecule has 0 bridgehead atoms. The minimum Gasteiger partial charge on any atom is -0.378 e. The van der Waals surface area contributed by atoms with Gasteiger partial charge >= 0.3 is 0 Å². The first-order chi connectivity index (χ1) is 12.9. The Kier molecular flexibility index (Phi) is 5.43. The van der Waals surface area contributed by atoms with Gasteiger partial charge in [0.1, 0.15) is 6.04 Å². The van der Waals surface area contributed by atoms with Crippen molar-refractivity contribution in [3.05, 3.63) is 59.1 Å². The second kappa shape index (κ2) is 7.77. The van der Waals surface area contributed by atoms with E-state index in [-0.39, 0.29) is 18.2 Å². The highest BCUT2D eigenvalue weighted by atomic mass is 35.5. The van der Waals surface area contributed by atoms with E-state index in [4.69, 9.17) is 11.6 Å². The van der Waals surface area contributed by atoms with E-state index in [0.29, 0.717) is 16.3 Å². The van der Waals surface area contributed by atoms with E-state index < -0.39 is 11.9 Å². The Morgan fingerprint density at radius 2 is 1.70 bits per heavy atom. The molecule has 3 amide bonds.